The molecule has 0 aromatic heterocycles. The number of rotatable bonds is 8. The van der Waals surface area contributed by atoms with Gasteiger partial charge >= 0.3 is 0 Å². The molecular weight excluding hydrogens is 419 g/mol. The summed E-state index contributed by atoms with van der Waals surface area (Å²) in [5.74, 6) is 1.94. The molecule has 23 heavy (non-hydrogen) atoms. The summed E-state index contributed by atoms with van der Waals surface area (Å²) in [6, 6.07) is 9.14. The van der Waals surface area contributed by atoms with Gasteiger partial charge in [0.15, 0.2) is 5.96 Å². The van der Waals surface area contributed by atoms with Crippen LogP contribution in [0.5, 0.6) is 0 Å². The number of nitrogens with one attached hydrogen (secondary N) is 2. The van der Waals surface area contributed by atoms with E-state index in [0.29, 0.717) is 6.04 Å². The highest BCUT2D eigenvalue weighted by atomic mass is 127. The molecule has 0 heterocycles. The van der Waals surface area contributed by atoms with E-state index >= 15 is 0 Å². The molecule has 0 atom stereocenters. The molecule has 0 aliphatic heterocycles. The third kappa shape index (κ3) is 8.81. The standard InChI is InChI=1S/C17H30N4S.HI/c1-14(2)21(4)13-16-9-7-6-8-15(16)12-20-17(18-3)19-10-11-22-5;/h6-9,14H,10-13H2,1-5H3,(H2,18,19,20);1H. The van der Waals surface area contributed by atoms with Crippen molar-refractivity contribution in [1.82, 2.24) is 15.5 Å². The molecular formula is C17H31IN4S. The van der Waals surface area contributed by atoms with Crippen LogP contribution in [-0.4, -0.2) is 49.6 Å². The van der Waals surface area contributed by atoms with Gasteiger partial charge in [-0.3, -0.25) is 9.89 Å². The molecule has 6 heteroatoms. The Morgan fingerprint density at radius 3 is 2.43 bits per heavy atom. The summed E-state index contributed by atoms with van der Waals surface area (Å²) < 4.78 is 0. The van der Waals surface area contributed by atoms with Crippen molar-refractivity contribution in [1.29, 1.82) is 0 Å². The summed E-state index contributed by atoms with van der Waals surface area (Å²) in [5, 5.41) is 6.73. The molecule has 0 radical (unpaired) electrons. The number of benzene rings is 1. The van der Waals surface area contributed by atoms with Crippen molar-refractivity contribution in [2.75, 3.05) is 32.6 Å². The van der Waals surface area contributed by atoms with Gasteiger partial charge in [-0.2, -0.15) is 11.8 Å². The van der Waals surface area contributed by atoms with Crippen molar-refractivity contribution in [3.8, 4) is 0 Å². The quantitative estimate of drug-likeness (QED) is 0.276. The van der Waals surface area contributed by atoms with Crippen molar-refractivity contribution in [2.24, 2.45) is 4.99 Å². The average molecular weight is 450 g/mol. The molecule has 0 unspecified atom stereocenters. The van der Waals surface area contributed by atoms with E-state index in [4.69, 9.17) is 0 Å². The summed E-state index contributed by atoms with van der Waals surface area (Å²) in [6.07, 6.45) is 2.11. The number of aliphatic imine (C=N–C) groups is 1. The molecule has 132 valence electrons. The highest BCUT2D eigenvalue weighted by molar-refractivity contribution is 14.0. The molecule has 1 aromatic carbocycles. The van der Waals surface area contributed by atoms with Crippen LogP contribution in [0.1, 0.15) is 25.0 Å². The zero-order chi connectivity index (χ0) is 16.4. The molecule has 0 bridgehead atoms. The first-order valence-electron chi connectivity index (χ1n) is 7.79. The smallest absolute Gasteiger partial charge is 0.191 e. The van der Waals surface area contributed by atoms with Gasteiger partial charge in [0, 0.05) is 38.5 Å². The van der Waals surface area contributed by atoms with Crippen molar-refractivity contribution >= 4 is 41.7 Å². The number of hydrogen-bond donors (Lipinski definition) is 2. The van der Waals surface area contributed by atoms with Crippen molar-refractivity contribution in [2.45, 2.75) is 33.0 Å². The highest BCUT2D eigenvalue weighted by Gasteiger charge is 2.08. The summed E-state index contributed by atoms with van der Waals surface area (Å²) >= 11 is 1.83. The van der Waals surface area contributed by atoms with E-state index in [1.54, 1.807) is 0 Å². The fraction of sp³-hybridized carbons (Fsp3) is 0.588. The second-order valence-electron chi connectivity index (χ2n) is 5.62. The molecule has 0 amide bonds. The Morgan fingerprint density at radius 2 is 1.87 bits per heavy atom. The van der Waals surface area contributed by atoms with E-state index < -0.39 is 0 Å². The van der Waals surface area contributed by atoms with E-state index in [1.807, 2.05) is 18.8 Å². The van der Waals surface area contributed by atoms with Gasteiger partial charge < -0.3 is 10.6 Å². The lowest BCUT2D eigenvalue weighted by Gasteiger charge is -2.23. The normalized spacial score (nSPS) is 11.5. The van der Waals surface area contributed by atoms with E-state index in [9.17, 15) is 0 Å². The largest absolute Gasteiger partial charge is 0.356 e. The number of thioether (sulfide) groups is 1. The summed E-state index contributed by atoms with van der Waals surface area (Å²) in [4.78, 5) is 6.62. The van der Waals surface area contributed by atoms with E-state index in [-0.39, 0.29) is 24.0 Å². The third-order valence-corrected chi connectivity index (χ3v) is 4.30. The third-order valence-electron chi connectivity index (χ3n) is 3.69. The Bertz CT molecular complexity index is 466. The van der Waals surface area contributed by atoms with Crippen LogP contribution >= 0.6 is 35.7 Å². The molecule has 2 N–H and O–H groups in total. The van der Waals surface area contributed by atoms with E-state index in [1.165, 1.54) is 11.1 Å². The fourth-order valence-corrected chi connectivity index (χ4v) is 2.31. The van der Waals surface area contributed by atoms with Crippen LogP contribution in [0.2, 0.25) is 0 Å². The Labute approximate surface area is 162 Å². The molecule has 0 aliphatic rings. The predicted molar refractivity (Wildman–Crippen MR) is 115 cm³/mol. The summed E-state index contributed by atoms with van der Waals surface area (Å²) in [6.45, 7) is 7.13. The minimum absolute atomic E-state index is 0. The highest BCUT2D eigenvalue weighted by Crippen LogP contribution is 2.12. The van der Waals surface area contributed by atoms with Gasteiger partial charge in [0.05, 0.1) is 0 Å². The van der Waals surface area contributed by atoms with Crippen LogP contribution < -0.4 is 10.6 Å². The Balaban J connectivity index is 0.00000484. The van der Waals surface area contributed by atoms with Gasteiger partial charge in [-0.25, -0.2) is 0 Å². The maximum atomic E-state index is 4.27. The van der Waals surface area contributed by atoms with Gasteiger partial charge in [0.2, 0.25) is 0 Å². The van der Waals surface area contributed by atoms with Crippen LogP contribution in [0.15, 0.2) is 29.3 Å². The minimum Gasteiger partial charge on any atom is -0.356 e. The fourth-order valence-electron chi connectivity index (χ4n) is 2.01. The van der Waals surface area contributed by atoms with Crippen LogP contribution in [0, 0.1) is 0 Å². The summed E-state index contributed by atoms with van der Waals surface area (Å²) in [5.41, 5.74) is 2.69. The molecule has 0 aliphatic carbocycles. The number of hydrogen-bond acceptors (Lipinski definition) is 3. The van der Waals surface area contributed by atoms with E-state index in [0.717, 1.165) is 31.3 Å². The zero-order valence-corrected chi connectivity index (χ0v) is 18.1. The lowest BCUT2D eigenvalue weighted by atomic mass is 10.1. The number of guanidine groups is 1. The summed E-state index contributed by atoms with van der Waals surface area (Å²) in [7, 11) is 3.98. The van der Waals surface area contributed by atoms with E-state index in [2.05, 4.69) is 71.9 Å². The maximum Gasteiger partial charge on any atom is 0.191 e. The lowest BCUT2D eigenvalue weighted by Crippen LogP contribution is -2.38. The molecule has 1 aromatic rings. The average Bonchev–Trinajstić information content (AvgIpc) is 2.51. The SMILES string of the molecule is CN=C(NCCSC)NCc1ccccc1CN(C)C(C)C.I. The van der Waals surface area contributed by atoms with Gasteiger partial charge in [-0.15, -0.1) is 24.0 Å². The number of halogens is 1. The van der Waals surface area contributed by atoms with Gasteiger partial charge in [-0.1, -0.05) is 24.3 Å². The zero-order valence-electron chi connectivity index (χ0n) is 14.9. The first kappa shape index (κ1) is 22.5. The predicted octanol–water partition coefficient (Wildman–Crippen LogP) is 3.17. The van der Waals surface area contributed by atoms with Gasteiger partial charge in [0.1, 0.15) is 0 Å². The second-order valence-corrected chi connectivity index (χ2v) is 6.61. The van der Waals surface area contributed by atoms with Gasteiger partial charge in [-0.05, 0) is 38.3 Å². The number of nitrogens with zero attached hydrogens (tertiary/aromatic N) is 2. The second kappa shape index (κ2) is 12.9. The Hall–Kier alpha value is -0.470. The van der Waals surface area contributed by atoms with Crippen LogP contribution in [-0.2, 0) is 13.1 Å². The molecule has 4 nitrogen and oxygen atoms in total. The molecule has 0 saturated carbocycles. The van der Waals surface area contributed by atoms with Crippen LogP contribution in [0.25, 0.3) is 0 Å². The Kier molecular flexibility index (Phi) is 12.6. The first-order chi connectivity index (χ1) is 10.6. The molecule has 1 rings (SSSR count). The van der Waals surface area contributed by atoms with Crippen LogP contribution in [0.4, 0.5) is 0 Å². The first-order valence-corrected chi connectivity index (χ1v) is 9.18. The van der Waals surface area contributed by atoms with Crippen molar-refractivity contribution < 1.29 is 0 Å². The molecule has 0 spiro atoms. The maximum absolute atomic E-state index is 4.27. The van der Waals surface area contributed by atoms with Crippen molar-refractivity contribution in [3.63, 3.8) is 0 Å². The minimum atomic E-state index is 0. The molecule has 0 saturated heterocycles. The lowest BCUT2D eigenvalue weighted by molar-refractivity contribution is 0.265. The van der Waals surface area contributed by atoms with Crippen molar-refractivity contribution in [3.05, 3.63) is 35.4 Å². The van der Waals surface area contributed by atoms with Gasteiger partial charge in [0.25, 0.3) is 0 Å². The topological polar surface area (TPSA) is 39.7 Å². The molecule has 0 fully saturated rings. The monoisotopic (exact) mass is 450 g/mol. The van der Waals surface area contributed by atoms with Crippen LogP contribution in [0.3, 0.4) is 0 Å². The Morgan fingerprint density at radius 1 is 1.22 bits per heavy atom.